The van der Waals surface area contributed by atoms with Crippen molar-refractivity contribution >= 4 is 15.8 Å². The van der Waals surface area contributed by atoms with Gasteiger partial charge in [-0.1, -0.05) is 6.92 Å². The van der Waals surface area contributed by atoms with Gasteiger partial charge >= 0.3 is 5.97 Å². The third-order valence-corrected chi connectivity index (χ3v) is 5.10. The predicted molar refractivity (Wildman–Crippen MR) is 68.9 cm³/mol. The first-order chi connectivity index (χ1) is 9.60. The second-order valence-corrected chi connectivity index (χ2v) is 7.37. The fourth-order valence-electron chi connectivity index (χ4n) is 1.93. The monoisotopic (exact) mass is 328 g/mol. The van der Waals surface area contributed by atoms with E-state index in [1.807, 2.05) is 0 Å². The molecule has 1 aliphatic rings. The van der Waals surface area contributed by atoms with Crippen molar-refractivity contribution in [3.63, 3.8) is 0 Å². The van der Waals surface area contributed by atoms with E-state index in [9.17, 15) is 38.7 Å². The molecular weight excluding hydrogens is 308 g/mol. The smallest absolute Gasteiger partial charge is 0.307 e. The maximum absolute atomic E-state index is 11.5. The minimum absolute atomic E-state index is 0.140. The van der Waals surface area contributed by atoms with E-state index < -0.39 is 64.6 Å². The number of ether oxygens (including phenoxy) is 1. The molecule has 0 aromatic rings. The minimum atomic E-state index is -3.38. The summed E-state index contributed by atoms with van der Waals surface area (Å²) in [7, 11) is -3.38. The van der Waals surface area contributed by atoms with E-state index in [4.69, 9.17) is 4.74 Å². The summed E-state index contributed by atoms with van der Waals surface area (Å²) in [5, 5.41) is 47.5. The molecule has 10 heteroatoms. The van der Waals surface area contributed by atoms with Gasteiger partial charge in [-0.15, -0.1) is 0 Å². The van der Waals surface area contributed by atoms with Gasteiger partial charge < -0.3 is 30.3 Å². The van der Waals surface area contributed by atoms with Crippen molar-refractivity contribution in [3.05, 3.63) is 0 Å². The Morgan fingerprint density at radius 2 is 1.38 bits per heavy atom. The molecule has 0 aromatic carbocycles. The molecule has 0 heterocycles. The number of carbonyl (C=O) groups is 1. The van der Waals surface area contributed by atoms with Crippen LogP contribution in [0.25, 0.3) is 0 Å². The summed E-state index contributed by atoms with van der Waals surface area (Å²) < 4.78 is 27.2. The summed E-state index contributed by atoms with van der Waals surface area (Å²) in [5.74, 6) is -1.60. The molecule has 124 valence electrons. The molecule has 0 amide bonds. The van der Waals surface area contributed by atoms with Crippen LogP contribution in [-0.2, 0) is 19.4 Å². The van der Waals surface area contributed by atoms with E-state index in [0.29, 0.717) is 0 Å². The molecule has 1 fully saturated rings. The fraction of sp³-hybridized carbons (Fsp3) is 0.909. The predicted octanol–water partition coefficient (Wildman–Crippen LogP) is -3.46. The van der Waals surface area contributed by atoms with Gasteiger partial charge in [0.15, 0.2) is 15.9 Å². The average Bonchev–Trinajstić information content (AvgIpc) is 2.45. The van der Waals surface area contributed by atoms with Crippen molar-refractivity contribution < 1.29 is 43.5 Å². The molecule has 0 radical (unpaired) electrons. The number of aliphatic hydroxyl groups excluding tert-OH is 5. The summed E-state index contributed by atoms with van der Waals surface area (Å²) in [4.78, 5) is 11.5. The maximum Gasteiger partial charge on any atom is 0.307 e. The second-order valence-electron chi connectivity index (χ2n) is 4.89. The Morgan fingerprint density at radius 1 is 0.952 bits per heavy atom. The average molecular weight is 328 g/mol. The van der Waals surface area contributed by atoms with Gasteiger partial charge in [-0.05, 0) is 0 Å². The Kier molecular flexibility index (Phi) is 6.08. The van der Waals surface area contributed by atoms with Crippen LogP contribution in [0.5, 0.6) is 0 Å². The number of carbonyl (C=O) groups excluding carboxylic acids is 1. The molecule has 0 spiro atoms. The zero-order valence-electron chi connectivity index (χ0n) is 11.4. The van der Waals surface area contributed by atoms with Gasteiger partial charge in [-0.3, -0.25) is 4.79 Å². The molecule has 6 atom stereocenters. The molecule has 0 aromatic heterocycles. The van der Waals surface area contributed by atoms with E-state index in [1.54, 1.807) is 0 Å². The van der Waals surface area contributed by atoms with E-state index >= 15 is 0 Å². The van der Waals surface area contributed by atoms with Crippen LogP contribution in [0, 0.1) is 0 Å². The van der Waals surface area contributed by atoms with Crippen LogP contribution >= 0.6 is 0 Å². The van der Waals surface area contributed by atoms with Gasteiger partial charge in [-0.25, -0.2) is 8.42 Å². The first-order valence-corrected chi connectivity index (χ1v) is 8.23. The number of hydrogen-bond acceptors (Lipinski definition) is 9. The topological polar surface area (TPSA) is 162 Å². The second kappa shape index (κ2) is 6.99. The lowest BCUT2D eigenvalue weighted by Crippen LogP contribution is -2.64. The lowest BCUT2D eigenvalue weighted by atomic mass is 9.85. The molecule has 1 saturated carbocycles. The van der Waals surface area contributed by atoms with Gasteiger partial charge in [0, 0.05) is 5.75 Å². The van der Waals surface area contributed by atoms with E-state index in [1.165, 1.54) is 6.92 Å². The third-order valence-electron chi connectivity index (χ3n) is 3.40. The zero-order chi connectivity index (χ0) is 16.4. The molecular formula is C11H20O9S. The van der Waals surface area contributed by atoms with Crippen LogP contribution in [0.2, 0.25) is 0 Å². The highest BCUT2D eigenvalue weighted by Crippen LogP contribution is 2.24. The Labute approximate surface area is 121 Å². The Hall–Kier alpha value is -0.780. The van der Waals surface area contributed by atoms with Crippen LogP contribution < -0.4 is 0 Å². The van der Waals surface area contributed by atoms with E-state index in [0.717, 1.165) is 0 Å². The number of hydrogen-bond donors (Lipinski definition) is 5. The molecule has 1 aliphatic carbocycles. The Balaban J connectivity index is 2.66. The first kappa shape index (κ1) is 18.3. The van der Waals surface area contributed by atoms with Crippen LogP contribution in [0.3, 0.4) is 0 Å². The molecule has 0 bridgehead atoms. The Bertz CT molecular complexity index is 446. The number of aliphatic hydroxyl groups is 5. The van der Waals surface area contributed by atoms with Gasteiger partial charge in [0.1, 0.15) is 30.5 Å². The van der Waals surface area contributed by atoms with Gasteiger partial charge in [-0.2, -0.15) is 0 Å². The summed E-state index contributed by atoms with van der Waals surface area (Å²) in [6, 6.07) is 0. The molecule has 21 heavy (non-hydrogen) atoms. The number of rotatable bonds is 5. The van der Waals surface area contributed by atoms with Crippen molar-refractivity contribution in [2.75, 3.05) is 11.5 Å². The summed E-state index contributed by atoms with van der Waals surface area (Å²) >= 11 is 0. The van der Waals surface area contributed by atoms with Crippen LogP contribution in [-0.4, -0.2) is 88.0 Å². The van der Waals surface area contributed by atoms with Crippen molar-refractivity contribution in [2.24, 2.45) is 0 Å². The molecule has 0 unspecified atom stereocenters. The van der Waals surface area contributed by atoms with Crippen molar-refractivity contribution in [1.82, 2.24) is 0 Å². The van der Waals surface area contributed by atoms with Crippen molar-refractivity contribution in [3.8, 4) is 0 Å². The van der Waals surface area contributed by atoms with Gasteiger partial charge in [0.2, 0.25) is 0 Å². The van der Waals surface area contributed by atoms with E-state index in [-0.39, 0.29) is 5.75 Å². The summed E-state index contributed by atoms with van der Waals surface area (Å²) in [6.07, 6.45) is -11.1. The van der Waals surface area contributed by atoms with Gasteiger partial charge in [0.05, 0.1) is 12.2 Å². The molecule has 0 saturated heterocycles. The maximum atomic E-state index is 11.5. The van der Waals surface area contributed by atoms with E-state index in [2.05, 4.69) is 0 Å². The highest BCUT2D eigenvalue weighted by atomic mass is 32.2. The lowest BCUT2D eigenvalue weighted by Gasteiger charge is -2.41. The molecule has 0 aliphatic heterocycles. The van der Waals surface area contributed by atoms with Crippen LogP contribution in [0.15, 0.2) is 0 Å². The molecule has 9 nitrogen and oxygen atoms in total. The summed E-state index contributed by atoms with van der Waals surface area (Å²) in [5.41, 5.74) is 0. The highest BCUT2D eigenvalue weighted by Gasteiger charge is 2.50. The van der Waals surface area contributed by atoms with Crippen LogP contribution in [0.1, 0.15) is 13.3 Å². The quantitative estimate of drug-likeness (QED) is 0.323. The van der Waals surface area contributed by atoms with Crippen molar-refractivity contribution in [2.45, 2.75) is 50.0 Å². The molecule has 5 N–H and O–H groups in total. The third kappa shape index (κ3) is 4.34. The number of esters is 1. The zero-order valence-corrected chi connectivity index (χ0v) is 12.2. The van der Waals surface area contributed by atoms with Crippen molar-refractivity contribution in [1.29, 1.82) is 0 Å². The number of sulfone groups is 1. The lowest BCUT2D eigenvalue weighted by molar-refractivity contribution is -0.233. The molecule has 1 rings (SSSR count). The van der Waals surface area contributed by atoms with Crippen LogP contribution in [0.4, 0.5) is 0 Å². The van der Waals surface area contributed by atoms with Gasteiger partial charge in [0.25, 0.3) is 0 Å². The fourth-order valence-corrected chi connectivity index (χ4v) is 2.70. The minimum Gasteiger partial charge on any atom is -0.457 e. The SMILES string of the molecule is CCS(=O)(=O)CCC(=O)O[C@@H]1[C@@H](O)[C@H](O)[C@@H](O)[C@H](O)[C@@H]1O. The normalized spacial score (nSPS) is 37.2. The first-order valence-electron chi connectivity index (χ1n) is 6.41. The Morgan fingerprint density at radius 3 is 1.81 bits per heavy atom. The highest BCUT2D eigenvalue weighted by molar-refractivity contribution is 7.91. The largest absolute Gasteiger partial charge is 0.457 e. The standard InChI is InChI=1S/C11H20O9S/c1-2-21(18,19)4-3-5(12)20-11-9(16)7(14)6(13)8(15)10(11)17/h6-11,13-17H,2-4H2,1H3/t6-,7-,8+,9-,10-,11-/m0/s1. The summed E-state index contributed by atoms with van der Waals surface area (Å²) in [6.45, 7) is 1.42.